The van der Waals surface area contributed by atoms with Gasteiger partial charge in [0, 0.05) is 17.9 Å². The number of hydrogen-bond acceptors (Lipinski definition) is 5. The van der Waals surface area contributed by atoms with Crippen molar-refractivity contribution in [3.05, 3.63) is 44.9 Å². The maximum Gasteiger partial charge on any atom is 0.356 e. The van der Waals surface area contributed by atoms with Gasteiger partial charge in [-0.25, -0.2) is 9.78 Å². The van der Waals surface area contributed by atoms with Gasteiger partial charge in [0.15, 0.2) is 16.6 Å². The molecule has 2 rings (SSSR count). The number of thiazole rings is 1. The van der Waals surface area contributed by atoms with Gasteiger partial charge in [-0.2, -0.15) is 0 Å². The lowest BCUT2D eigenvalue weighted by atomic mass is 10.2. The van der Waals surface area contributed by atoms with Crippen LogP contribution in [0.3, 0.4) is 0 Å². The number of ketones is 1. The summed E-state index contributed by atoms with van der Waals surface area (Å²) in [5.41, 5.74) is 0.820. The van der Waals surface area contributed by atoms with Crippen molar-refractivity contribution in [1.82, 2.24) is 4.98 Å². The molecule has 0 saturated carbocycles. The van der Waals surface area contributed by atoms with Gasteiger partial charge in [-0.05, 0) is 11.6 Å². The number of carbonyl (C=O) groups excluding carboxylic acids is 1. The van der Waals surface area contributed by atoms with Crippen LogP contribution >= 0.6 is 27.3 Å². The molecule has 0 aliphatic rings. The molecule has 1 aromatic carbocycles. The summed E-state index contributed by atoms with van der Waals surface area (Å²) in [5, 5.41) is 12.5. The first-order chi connectivity index (χ1) is 9.49. The molecular formula is C13H11BrN2O3S. The van der Waals surface area contributed by atoms with Crippen LogP contribution in [0, 0.1) is 0 Å². The zero-order chi connectivity index (χ0) is 14.7. The molecule has 0 radical (unpaired) electrons. The number of carbonyl (C=O) groups is 2. The van der Waals surface area contributed by atoms with Crippen LogP contribution in [0.1, 0.15) is 32.6 Å². The van der Waals surface area contributed by atoms with E-state index in [0.29, 0.717) is 11.7 Å². The van der Waals surface area contributed by atoms with E-state index >= 15 is 0 Å². The topological polar surface area (TPSA) is 79.3 Å². The second kappa shape index (κ2) is 6.15. The smallest absolute Gasteiger partial charge is 0.356 e. The minimum Gasteiger partial charge on any atom is -0.476 e. The largest absolute Gasteiger partial charge is 0.476 e. The lowest BCUT2D eigenvalue weighted by Crippen LogP contribution is -2.04. The highest BCUT2D eigenvalue weighted by molar-refractivity contribution is 9.10. The van der Waals surface area contributed by atoms with E-state index in [1.54, 1.807) is 0 Å². The summed E-state index contributed by atoms with van der Waals surface area (Å²) >= 11 is 4.48. The fourth-order valence-corrected chi connectivity index (χ4v) is 2.86. The number of nitrogens with one attached hydrogen (secondary N) is 1. The number of hydrogen-bond donors (Lipinski definition) is 2. The van der Waals surface area contributed by atoms with Gasteiger partial charge >= 0.3 is 5.97 Å². The first-order valence-corrected chi connectivity index (χ1v) is 7.32. The molecule has 0 unspecified atom stereocenters. The molecular weight excluding hydrogens is 344 g/mol. The predicted octanol–water partition coefficient (Wildman–Crippen LogP) is 3.42. The summed E-state index contributed by atoms with van der Waals surface area (Å²) in [6.45, 7) is 1.82. The fourth-order valence-electron chi connectivity index (χ4n) is 1.59. The maximum atomic E-state index is 11.4. The van der Waals surface area contributed by atoms with Crippen molar-refractivity contribution >= 4 is 44.2 Å². The molecule has 104 valence electrons. The zero-order valence-electron chi connectivity index (χ0n) is 10.5. The number of aromatic carboxylic acids is 1. The Morgan fingerprint density at radius 3 is 2.65 bits per heavy atom. The first kappa shape index (κ1) is 14.7. The van der Waals surface area contributed by atoms with Gasteiger partial charge in [-0.1, -0.05) is 45.5 Å². The van der Waals surface area contributed by atoms with Gasteiger partial charge in [-0.15, -0.1) is 0 Å². The average molecular weight is 355 g/mol. The Labute approximate surface area is 127 Å². The third-order valence-electron chi connectivity index (χ3n) is 2.54. The van der Waals surface area contributed by atoms with E-state index in [1.807, 2.05) is 24.3 Å². The summed E-state index contributed by atoms with van der Waals surface area (Å²) in [5.74, 6) is -1.49. The van der Waals surface area contributed by atoms with Gasteiger partial charge in [-0.3, -0.25) is 4.79 Å². The number of nitrogens with zero attached hydrogens (tertiary/aromatic N) is 1. The van der Waals surface area contributed by atoms with Gasteiger partial charge in [0.1, 0.15) is 4.88 Å². The number of aromatic nitrogens is 1. The number of Topliss-reactive ketones (excluding diaryl/α,β-unsaturated/α-hetero) is 1. The molecule has 0 amide bonds. The molecule has 20 heavy (non-hydrogen) atoms. The lowest BCUT2D eigenvalue weighted by Gasteiger charge is -2.04. The molecule has 2 N–H and O–H groups in total. The molecule has 5 nitrogen and oxygen atoms in total. The third kappa shape index (κ3) is 3.23. The molecule has 0 saturated heterocycles. The highest BCUT2D eigenvalue weighted by Gasteiger charge is 2.20. The SMILES string of the molecule is CC(=O)c1sc(NCc2ccccc2Br)nc1C(=O)O. The van der Waals surface area contributed by atoms with Gasteiger partial charge in [0.05, 0.1) is 0 Å². The van der Waals surface area contributed by atoms with Crippen LogP contribution in [0.5, 0.6) is 0 Å². The third-order valence-corrected chi connectivity index (χ3v) is 4.42. The van der Waals surface area contributed by atoms with Crippen LogP contribution < -0.4 is 5.32 Å². The first-order valence-electron chi connectivity index (χ1n) is 5.71. The summed E-state index contributed by atoms with van der Waals surface area (Å²) in [6.07, 6.45) is 0. The molecule has 0 fully saturated rings. The van der Waals surface area contributed by atoms with Crippen molar-refractivity contribution in [3.8, 4) is 0 Å². The van der Waals surface area contributed by atoms with E-state index < -0.39 is 5.97 Å². The number of carboxylic acid groups (broad SMARTS) is 1. The maximum absolute atomic E-state index is 11.4. The number of halogens is 1. The van der Waals surface area contributed by atoms with Crippen LogP contribution in [-0.2, 0) is 6.54 Å². The van der Waals surface area contributed by atoms with Crippen molar-refractivity contribution in [2.24, 2.45) is 0 Å². The Morgan fingerprint density at radius 2 is 2.10 bits per heavy atom. The summed E-state index contributed by atoms with van der Waals surface area (Å²) in [6, 6.07) is 7.68. The molecule has 7 heteroatoms. The average Bonchev–Trinajstić information content (AvgIpc) is 2.82. The van der Waals surface area contributed by atoms with Crippen molar-refractivity contribution < 1.29 is 14.7 Å². The Bertz CT molecular complexity index is 638. The Balaban J connectivity index is 2.19. The van der Waals surface area contributed by atoms with Crippen molar-refractivity contribution in [1.29, 1.82) is 0 Å². The second-order valence-electron chi connectivity index (χ2n) is 4.00. The Morgan fingerprint density at radius 1 is 1.40 bits per heavy atom. The fraction of sp³-hybridized carbons (Fsp3) is 0.154. The van der Waals surface area contributed by atoms with Crippen LogP contribution in [0.4, 0.5) is 5.13 Å². The van der Waals surface area contributed by atoms with Gasteiger partial charge in [0.25, 0.3) is 0 Å². The molecule has 0 aliphatic heterocycles. The van der Waals surface area contributed by atoms with Crippen molar-refractivity contribution in [3.63, 3.8) is 0 Å². The highest BCUT2D eigenvalue weighted by atomic mass is 79.9. The predicted molar refractivity (Wildman–Crippen MR) is 80.5 cm³/mol. The monoisotopic (exact) mass is 354 g/mol. The van der Waals surface area contributed by atoms with E-state index in [9.17, 15) is 9.59 Å². The van der Waals surface area contributed by atoms with Crippen molar-refractivity contribution in [2.45, 2.75) is 13.5 Å². The van der Waals surface area contributed by atoms with Crippen LogP contribution in [0.25, 0.3) is 0 Å². The van der Waals surface area contributed by atoms with Gasteiger partial charge in [0.2, 0.25) is 0 Å². The molecule has 1 heterocycles. The molecule has 0 bridgehead atoms. The molecule has 0 aliphatic carbocycles. The number of carboxylic acids is 1. The Kier molecular flexibility index (Phi) is 4.51. The lowest BCUT2D eigenvalue weighted by molar-refractivity contribution is 0.0687. The minimum absolute atomic E-state index is 0.159. The molecule has 0 atom stereocenters. The second-order valence-corrected chi connectivity index (χ2v) is 5.86. The normalized spacial score (nSPS) is 10.3. The van der Waals surface area contributed by atoms with Crippen molar-refractivity contribution in [2.75, 3.05) is 5.32 Å². The van der Waals surface area contributed by atoms with Crippen LogP contribution in [-0.4, -0.2) is 21.8 Å². The van der Waals surface area contributed by atoms with Gasteiger partial charge < -0.3 is 10.4 Å². The summed E-state index contributed by atoms with van der Waals surface area (Å²) < 4.78 is 0.953. The minimum atomic E-state index is -1.19. The molecule has 2 aromatic rings. The summed E-state index contributed by atoms with van der Waals surface area (Å²) in [7, 11) is 0. The number of anilines is 1. The Hall–Kier alpha value is -1.73. The zero-order valence-corrected chi connectivity index (χ0v) is 12.9. The van der Waals surface area contributed by atoms with E-state index in [2.05, 4.69) is 26.2 Å². The highest BCUT2D eigenvalue weighted by Crippen LogP contribution is 2.25. The number of benzene rings is 1. The number of rotatable bonds is 5. The van der Waals surface area contributed by atoms with E-state index in [4.69, 9.17) is 5.11 Å². The molecule has 1 aromatic heterocycles. The van der Waals surface area contributed by atoms with Crippen LogP contribution in [0.15, 0.2) is 28.7 Å². The van der Waals surface area contributed by atoms with Crippen LogP contribution in [0.2, 0.25) is 0 Å². The standard InChI is InChI=1S/C13H11BrN2O3S/c1-7(17)11-10(12(18)19)16-13(20-11)15-6-8-4-2-3-5-9(8)14/h2-5H,6H2,1H3,(H,15,16)(H,18,19). The van der Waals surface area contributed by atoms with E-state index in [0.717, 1.165) is 21.4 Å². The van der Waals surface area contributed by atoms with E-state index in [1.165, 1.54) is 6.92 Å². The van der Waals surface area contributed by atoms with E-state index in [-0.39, 0.29) is 16.4 Å². The summed E-state index contributed by atoms with van der Waals surface area (Å²) in [4.78, 5) is 26.5. The molecule has 0 spiro atoms. The quantitative estimate of drug-likeness (QED) is 0.804.